The van der Waals surface area contributed by atoms with E-state index in [0.29, 0.717) is 5.41 Å². The molecule has 0 saturated carbocycles. The molecule has 0 aromatic rings. The van der Waals surface area contributed by atoms with Crippen molar-refractivity contribution >= 4 is 17.9 Å². The molecule has 2 fully saturated rings. The van der Waals surface area contributed by atoms with Crippen LogP contribution < -0.4 is 0 Å². The zero-order chi connectivity index (χ0) is 13.2. The van der Waals surface area contributed by atoms with E-state index in [4.69, 9.17) is 4.74 Å². The molecule has 2 heterocycles. The molecule has 0 aliphatic carbocycles. The summed E-state index contributed by atoms with van der Waals surface area (Å²) in [7, 11) is 0. The highest BCUT2D eigenvalue weighted by atomic mass is 32.2. The molecule has 2 saturated heterocycles. The second-order valence-corrected chi connectivity index (χ2v) is 7.73. The van der Waals surface area contributed by atoms with Gasteiger partial charge in [-0.15, -0.1) is 0 Å². The van der Waals surface area contributed by atoms with Crippen LogP contribution in [-0.4, -0.2) is 41.2 Å². The molecule has 0 radical (unpaired) electrons. The molecule has 104 valence electrons. The van der Waals surface area contributed by atoms with Crippen LogP contribution in [-0.2, 0) is 4.74 Å². The van der Waals surface area contributed by atoms with Crippen molar-refractivity contribution in [3.63, 3.8) is 0 Å². The number of thioether (sulfide) groups is 1. The first-order chi connectivity index (χ1) is 8.40. The first kappa shape index (κ1) is 14.0. The van der Waals surface area contributed by atoms with Crippen LogP contribution in [0.1, 0.15) is 46.5 Å². The van der Waals surface area contributed by atoms with E-state index in [1.54, 1.807) is 0 Å². The number of rotatable bonds is 0. The molecule has 3 nitrogen and oxygen atoms in total. The van der Waals surface area contributed by atoms with Crippen LogP contribution in [0.3, 0.4) is 0 Å². The lowest BCUT2D eigenvalue weighted by Crippen LogP contribution is -2.46. The fourth-order valence-corrected chi connectivity index (χ4v) is 4.15. The van der Waals surface area contributed by atoms with E-state index < -0.39 is 0 Å². The number of piperidine rings is 1. The van der Waals surface area contributed by atoms with Gasteiger partial charge in [0.15, 0.2) is 0 Å². The summed E-state index contributed by atoms with van der Waals surface area (Å²) in [6.45, 7) is 7.52. The third-order valence-corrected chi connectivity index (χ3v) is 5.27. The van der Waals surface area contributed by atoms with E-state index >= 15 is 0 Å². The molecule has 4 heteroatoms. The average Bonchev–Trinajstić information content (AvgIpc) is 2.28. The highest BCUT2D eigenvalue weighted by Gasteiger charge is 2.37. The molecule has 0 bridgehead atoms. The minimum atomic E-state index is -0.382. The van der Waals surface area contributed by atoms with Crippen LogP contribution in [0.2, 0.25) is 0 Å². The Hall–Kier alpha value is -0.380. The van der Waals surface area contributed by atoms with Crippen LogP contribution in [0.4, 0.5) is 4.79 Å². The van der Waals surface area contributed by atoms with Crippen molar-refractivity contribution in [3.8, 4) is 0 Å². The zero-order valence-corrected chi connectivity index (χ0v) is 12.6. The molecule has 0 atom stereocenters. The highest BCUT2D eigenvalue weighted by molar-refractivity contribution is 7.99. The summed E-state index contributed by atoms with van der Waals surface area (Å²) in [5, 5.41) is 0. The van der Waals surface area contributed by atoms with Gasteiger partial charge in [0.2, 0.25) is 0 Å². The number of ether oxygens (including phenoxy) is 1. The van der Waals surface area contributed by atoms with Crippen molar-refractivity contribution in [3.05, 3.63) is 0 Å². The van der Waals surface area contributed by atoms with Gasteiger partial charge in [0.05, 0.1) is 0 Å². The summed E-state index contributed by atoms with van der Waals surface area (Å²) in [5.74, 6) is 2.60. The van der Waals surface area contributed by atoms with Gasteiger partial charge in [-0.3, -0.25) is 0 Å². The number of likely N-dealkylation sites (tertiary alicyclic amines) is 1. The molecule has 2 aliphatic heterocycles. The molecule has 0 aromatic heterocycles. The van der Waals surface area contributed by atoms with Crippen LogP contribution in [0.15, 0.2) is 0 Å². The van der Waals surface area contributed by atoms with Crippen molar-refractivity contribution in [1.82, 2.24) is 4.90 Å². The molecule has 1 spiro atoms. The first-order valence-corrected chi connectivity index (χ1v) is 8.11. The molecule has 0 unspecified atom stereocenters. The van der Waals surface area contributed by atoms with E-state index in [1.807, 2.05) is 25.7 Å². The number of hydrogen-bond acceptors (Lipinski definition) is 3. The standard InChI is InChI=1S/C14H25NO2S/c1-13(2,3)17-12(16)15-8-6-14(7-9-15)5-4-10-18-11-14/h4-11H2,1-3H3. The lowest BCUT2D eigenvalue weighted by molar-refractivity contribution is 0.0113. The minimum Gasteiger partial charge on any atom is -0.444 e. The second kappa shape index (κ2) is 5.32. The molecule has 0 N–H and O–H groups in total. The predicted octanol–water partition coefficient (Wildman–Crippen LogP) is 3.53. The van der Waals surface area contributed by atoms with Crippen molar-refractivity contribution in [2.24, 2.45) is 5.41 Å². The van der Waals surface area contributed by atoms with Gasteiger partial charge in [-0.05, 0) is 63.4 Å². The molecular formula is C14H25NO2S. The van der Waals surface area contributed by atoms with Gasteiger partial charge in [0.25, 0.3) is 0 Å². The summed E-state index contributed by atoms with van der Waals surface area (Å²) in [4.78, 5) is 13.9. The maximum atomic E-state index is 12.0. The van der Waals surface area contributed by atoms with E-state index in [2.05, 4.69) is 11.8 Å². The SMILES string of the molecule is CC(C)(C)OC(=O)N1CCC2(CCCSC2)CC1. The number of nitrogens with zero attached hydrogens (tertiary/aromatic N) is 1. The Kier molecular flexibility index (Phi) is 4.15. The van der Waals surface area contributed by atoms with Gasteiger partial charge in [0, 0.05) is 13.1 Å². The van der Waals surface area contributed by atoms with Gasteiger partial charge in [-0.2, -0.15) is 11.8 Å². The number of hydrogen-bond donors (Lipinski definition) is 0. The Balaban J connectivity index is 1.84. The largest absolute Gasteiger partial charge is 0.444 e. The fraction of sp³-hybridized carbons (Fsp3) is 0.929. The maximum absolute atomic E-state index is 12.0. The Morgan fingerprint density at radius 1 is 1.22 bits per heavy atom. The predicted molar refractivity (Wildman–Crippen MR) is 76.0 cm³/mol. The van der Waals surface area contributed by atoms with E-state index in [0.717, 1.165) is 25.9 Å². The number of carbonyl (C=O) groups excluding carboxylic acids is 1. The molecular weight excluding hydrogens is 246 g/mol. The normalized spacial score (nSPS) is 24.1. The van der Waals surface area contributed by atoms with Gasteiger partial charge < -0.3 is 9.64 Å². The topological polar surface area (TPSA) is 29.5 Å². The lowest BCUT2D eigenvalue weighted by atomic mass is 9.76. The van der Waals surface area contributed by atoms with E-state index in [1.165, 1.54) is 24.3 Å². The van der Waals surface area contributed by atoms with Crippen molar-refractivity contribution in [2.75, 3.05) is 24.6 Å². The molecule has 2 rings (SSSR count). The summed E-state index contributed by atoms with van der Waals surface area (Å²) in [5.41, 5.74) is 0.133. The van der Waals surface area contributed by atoms with E-state index in [9.17, 15) is 4.79 Å². The van der Waals surface area contributed by atoms with Crippen LogP contribution >= 0.6 is 11.8 Å². The Morgan fingerprint density at radius 2 is 1.89 bits per heavy atom. The third kappa shape index (κ3) is 3.56. The van der Waals surface area contributed by atoms with Crippen LogP contribution in [0.5, 0.6) is 0 Å². The second-order valence-electron chi connectivity index (χ2n) is 6.62. The third-order valence-electron chi connectivity index (χ3n) is 3.88. The van der Waals surface area contributed by atoms with E-state index in [-0.39, 0.29) is 11.7 Å². The Bertz CT molecular complexity index is 295. The highest BCUT2D eigenvalue weighted by Crippen LogP contribution is 2.42. The maximum Gasteiger partial charge on any atom is 0.410 e. The summed E-state index contributed by atoms with van der Waals surface area (Å²) in [6, 6.07) is 0. The Morgan fingerprint density at radius 3 is 2.39 bits per heavy atom. The van der Waals surface area contributed by atoms with Crippen molar-refractivity contribution < 1.29 is 9.53 Å². The zero-order valence-electron chi connectivity index (χ0n) is 11.8. The summed E-state index contributed by atoms with van der Waals surface area (Å²) in [6.07, 6.45) is 4.86. The first-order valence-electron chi connectivity index (χ1n) is 6.96. The smallest absolute Gasteiger partial charge is 0.410 e. The molecule has 0 aromatic carbocycles. The number of amides is 1. The van der Waals surface area contributed by atoms with Crippen molar-refractivity contribution in [2.45, 2.75) is 52.1 Å². The summed E-state index contributed by atoms with van der Waals surface area (Å²) >= 11 is 2.09. The van der Waals surface area contributed by atoms with Crippen molar-refractivity contribution in [1.29, 1.82) is 0 Å². The number of carbonyl (C=O) groups is 1. The average molecular weight is 271 g/mol. The lowest BCUT2D eigenvalue weighted by Gasteiger charge is -2.43. The minimum absolute atomic E-state index is 0.138. The van der Waals surface area contributed by atoms with Gasteiger partial charge in [-0.25, -0.2) is 4.79 Å². The van der Waals surface area contributed by atoms with Crippen LogP contribution in [0.25, 0.3) is 0 Å². The summed E-state index contributed by atoms with van der Waals surface area (Å²) < 4.78 is 5.43. The Labute approximate surface area is 115 Å². The van der Waals surface area contributed by atoms with Crippen LogP contribution in [0, 0.1) is 5.41 Å². The van der Waals surface area contributed by atoms with Gasteiger partial charge in [0.1, 0.15) is 5.60 Å². The van der Waals surface area contributed by atoms with Gasteiger partial charge >= 0.3 is 6.09 Å². The molecule has 1 amide bonds. The monoisotopic (exact) mass is 271 g/mol. The van der Waals surface area contributed by atoms with Gasteiger partial charge in [-0.1, -0.05) is 0 Å². The fourth-order valence-electron chi connectivity index (χ4n) is 2.79. The molecule has 18 heavy (non-hydrogen) atoms. The quantitative estimate of drug-likeness (QED) is 0.675. The molecule has 2 aliphatic rings.